The molecule has 1 aromatic carbocycles. The second kappa shape index (κ2) is 8.15. The number of hydrogen-bond acceptors (Lipinski definition) is 4. The van der Waals surface area contributed by atoms with Gasteiger partial charge in [0.15, 0.2) is 0 Å². The van der Waals surface area contributed by atoms with Gasteiger partial charge in [0.2, 0.25) is 11.8 Å². The molecule has 1 saturated heterocycles. The number of nitrogens with zero attached hydrogens (tertiary/aromatic N) is 2. The van der Waals surface area contributed by atoms with Gasteiger partial charge in [-0.05, 0) is 24.1 Å². The number of esters is 1. The van der Waals surface area contributed by atoms with E-state index in [9.17, 15) is 14.4 Å². The molecule has 0 spiro atoms. The van der Waals surface area contributed by atoms with E-state index in [1.807, 2.05) is 12.1 Å². The normalized spacial score (nSPS) is 17.5. The fourth-order valence-electron chi connectivity index (χ4n) is 2.73. The molecule has 0 N–H and O–H groups in total. The SMILES string of the molecule is COC(=O)CN(C)C(=O)[C@H]1CCC(=O)N(Cc2ccc(Cl)cc2)C1. The lowest BCUT2D eigenvalue weighted by atomic mass is 9.95. The number of carbonyl (C=O) groups excluding carboxylic acids is 3. The summed E-state index contributed by atoms with van der Waals surface area (Å²) in [6.07, 6.45) is 0.830. The molecule has 0 saturated carbocycles. The molecule has 1 aliphatic rings. The van der Waals surface area contributed by atoms with Gasteiger partial charge in [-0.1, -0.05) is 23.7 Å². The van der Waals surface area contributed by atoms with Gasteiger partial charge in [-0.3, -0.25) is 14.4 Å². The highest BCUT2D eigenvalue weighted by molar-refractivity contribution is 6.30. The van der Waals surface area contributed by atoms with Gasteiger partial charge in [-0.25, -0.2) is 0 Å². The first-order chi connectivity index (χ1) is 11.4. The van der Waals surface area contributed by atoms with Gasteiger partial charge >= 0.3 is 5.97 Å². The number of rotatable bonds is 5. The average molecular weight is 353 g/mol. The van der Waals surface area contributed by atoms with Crippen LogP contribution in [-0.4, -0.2) is 54.8 Å². The maximum Gasteiger partial charge on any atom is 0.325 e. The largest absolute Gasteiger partial charge is 0.468 e. The lowest BCUT2D eigenvalue weighted by Gasteiger charge is -2.33. The molecule has 2 rings (SSSR count). The first-order valence-electron chi connectivity index (χ1n) is 7.74. The topological polar surface area (TPSA) is 66.9 Å². The second-order valence-corrected chi connectivity index (χ2v) is 6.34. The third kappa shape index (κ3) is 4.71. The highest BCUT2D eigenvalue weighted by Crippen LogP contribution is 2.22. The molecule has 1 fully saturated rings. The third-order valence-corrected chi connectivity index (χ3v) is 4.36. The molecule has 0 bridgehead atoms. The van der Waals surface area contributed by atoms with E-state index in [4.69, 9.17) is 11.6 Å². The lowest BCUT2D eigenvalue weighted by Crippen LogP contribution is -2.46. The van der Waals surface area contributed by atoms with Crippen molar-refractivity contribution in [2.75, 3.05) is 27.2 Å². The highest BCUT2D eigenvalue weighted by atomic mass is 35.5. The number of likely N-dealkylation sites (N-methyl/N-ethyl adjacent to an activating group) is 1. The quantitative estimate of drug-likeness (QED) is 0.757. The molecule has 7 heteroatoms. The number of methoxy groups -OCH3 is 1. The van der Waals surface area contributed by atoms with E-state index in [1.165, 1.54) is 12.0 Å². The number of amides is 2. The van der Waals surface area contributed by atoms with Crippen molar-refractivity contribution in [1.82, 2.24) is 9.80 Å². The van der Waals surface area contributed by atoms with Crippen LogP contribution < -0.4 is 0 Å². The summed E-state index contributed by atoms with van der Waals surface area (Å²) in [7, 11) is 2.85. The van der Waals surface area contributed by atoms with Crippen molar-refractivity contribution in [2.45, 2.75) is 19.4 Å². The summed E-state index contributed by atoms with van der Waals surface area (Å²) in [5.41, 5.74) is 0.962. The molecule has 24 heavy (non-hydrogen) atoms. The fourth-order valence-corrected chi connectivity index (χ4v) is 2.85. The molecule has 1 aliphatic heterocycles. The maximum atomic E-state index is 12.5. The van der Waals surface area contributed by atoms with Gasteiger partial charge in [-0.2, -0.15) is 0 Å². The molecule has 0 aliphatic carbocycles. The average Bonchev–Trinajstić information content (AvgIpc) is 2.58. The van der Waals surface area contributed by atoms with E-state index in [0.29, 0.717) is 31.0 Å². The van der Waals surface area contributed by atoms with E-state index in [0.717, 1.165) is 5.56 Å². The second-order valence-electron chi connectivity index (χ2n) is 5.91. The van der Waals surface area contributed by atoms with Crippen LogP contribution in [0.25, 0.3) is 0 Å². The third-order valence-electron chi connectivity index (χ3n) is 4.11. The Morgan fingerprint density at radius 1 is 1.33 bits per heavy atom. The Kier molecular flexibility index (Phi) is 6.20. The number of benzene rings is 1. The Morgan fingerprint density at radius 3 is 2.62 bits per heavy atom. The van der Waals surface area contributed by atoms with Gasteiger partial charge in [0, 0.05) is 31.6 Å². The van der Waals surface area contributed by atoms with Crippen LogP contribution in [0.2, 0.25) is 5.02 Å². The zero-order valence-electron chi connectivity index (χ0n) is 13.8. The minimum absolute atomic E-state index is 0.0321. The van der Waals surface area contributed by atoms with Crippen LogP contribution in [0.4, 0.5) is 0 Å². The van der Waals surface area contributed by atoms with Crippen molar-refractivity contribution in [3.8, 4) is 0 Å². The molecule has 2 amide bonds. The number of piperidine rings is 1. The molecule has 0 unspecified atom stereocenters. The van der Waals surface area contributed by atoms with Gasteiger partial charge in [0.05, 0.1) is 13.0 Å². The van der Waals surface area contributed by atoms with Crippen LogP contribution in [0.1, 0.15) is 18.4 Å². The van der Waals surface area contributed by atoms with E-state index in [1.54, 1.807) is 24.1 Å². The Morgan fingerprint density at radius 2 is 2.00 bits per heavy atom. The number of hydrogen-bond donors (Lipinski definition) is 0. The number of ether oxygens (including phenoxy) is 1. The summed E-state index contributed by atoms with van der Waals surface area (Å²) in [6, 6.07) is 7.28. The fraction of sp³-hybridized carbons (Fsp3) is 0.471. The molecular weight excluding hydrogens is 332 g/mol. The zero-order valence-corrected chi connectivity index (χ0v) is 14.6. The summed E-state index contributed by atoms with van der Waals surface area (Å²) in [5.74, 6) is -0.876. The highest BCUT2D eigenvalue weighted by Gasteiger charge is 2.32. The Labute approximate surface area is 146 Å². The molecular formula is C17H21ClN2O4. The van der Waals surface area contributed by atoms with Crippen LogP contribution in [0, 0.1) is 5.92 Å². The minimum atomic E-state index is -0.462. The Balaban J connectivity index is 1.99. The number of halogens is 1. The lowest BCUT2D eigenvalue weighted by molar-refractivity contribution is -0.150. The van der Waals surface area contributed by atoms with E-state index in [-0.39, 0.29) is 24.3 Å². The minimum Gasteiger partial charge on any atom is -0.468 e. The van der Waals surface area contributed by atoms with Gasteiger partial charge in [0.1, 0.15) is 6.54 Å². The molecule has 130 valence electrons. The standard InChI is InChI=1S/C17H21ClN2O4/c1-19(11-16(22)24-2)17(23)13-5-8-15(21)20(10-13)9-12-3-6-14(18)7-4-12/h3-4,6-7,13H,5,8-11H2,1-2H3/t13-/m0/s1. The Bertz CT molecular complexity index is 618. The van der Waals surface area contributed by atoms with Gasteiger partial charge in [0.25, 0.3) is 0 Å². The molecule has 6 nitrogen and oxygen atoms in total. The van der Waals surface area contributed by atoms with E-state index in [2.05, 4.69) is 4.74 Å². The summed E-state index contributed by atoms with van der Waals surface area (Å²) in [6.45, 7) is 0.712. The van der Waals surface area contributed by atoms with Gasteiger partial charge in [-0.15, -0.1) is 0 Å². The summed E-state index contributed by atoms with van der Waals surface area (Å²) >= 11 is 5.87. The molecule has 0 radical (unpaired) electrons. The molecule has 0 aromatic heterocycles. The van der Waals surface area contributed by atoms with Crippen molar-refractivity contribution in [2.24, 2.45) is 5.92 Å². The van der Waals surface area contributed by atoms with E-state index < -0.39 is 5.97 Å². The predicted molar refractivity (Wildman–Crippen MR) is 89.2 cm³/mol. The smallest absolute Gasteiger partial charge is 0.325 e. The monoisotopic (exact) mass is 352 g/mol. The number of likely N-dealkylation sites (tertiary alicyclic amines) is 1. The Hall–Kier alpha value is -2.08. The molecule has 1 atom stereocenters. The molecule has 1 heterocycles. The van der Waals surface area contributed by atoms with Crippen molar-refractivity contribution < 1.29 is 19.1 Å². The van der Waals surface area contributed by atoms with Crippen LogP contribution in [0.3, 0.4) is 0 Å². The first-order valence-corrected chi connectivity index (χ1v) is 8.12. The number of carbonyl (C=O) groups is 3. The predicted octanol–water partition coefficient (Wildman–Crippen LogP) is 1.71. The summed E-state index contributed by atoms with van der Waals surface area (Å²) in [4.78, 5) is 38.9. The van der Waals surface area contributed by atoms with Crippen molar-refractivity contribution in [1.29, 1.82) is 0 Å². The van der Waals surface area contributed by atoms with Crippen LogP contribution in [0.15, 0.2) is 24.3 Å². The first kappa shape index (κ1) is 18.3. The van der Waals surface area contributed by atoms with E-state index >= 15 is 0 Å². The zero-order chi connectivity index (χ0) is 17.7. The van der Waals surface area contributed by atoms with Crippen LogP contribution in [0.5, 0.6) is 0 Å². The van der Waals surface area contributed by atoms with Gasteiger partial charge < -0.3 is 14.5 Å². The maximum absolute atomic E-state index is 12.5. The summed E-state index contributed by atoms with van der Waals surface area (Å²) < 4.78 is 4.58. The van der Waals surface area contributed by atoms with Crippen LogP contribution >= 0.6 is 11.6 Å². The van der Waals surface area contributed by atoms with Crippen molar-refractivity contribution in [3.63, 3.8) is 0 Å². The summed E-state index contributed by atoms with van der Waals surface area (Å²) in [5, 5.41) is 0.640. The molecule has 1 aromatic rings. The van der Waals surface area contributed by atoms with Crippen molar-refractivity contribution >= 4 is 29.4 Å². The van der Waals surface area contributed by atoms with Crippen molar-refractivity contribution in [3.05, 3.63) is 34.9 Å². The van der Waals surface area contributed by atoms with Crippen LogP contribution in [-0.2, 0) is 25.7 Å².